The summed E-state index contributed by atoms with van der Waals surface area (Å²) in [6, 6.07) is 0. The Hall–Kier alpha value is -0.340. The van der Waals surface area contributed by atoms with Crippen LogP contribution < -0.4 is 0 Å². The van der Waals surface area contributed by atoms with E-state index in [1.807, 2.05) is 6.08 Å². The minimum absolute atomic E-state index is 0.695. The van der Waals surface area contributed by atoms with Crippen LogP contribution in [-0.4, -0.2) is 38.3 Å². The van der Waals surface area contributed by atoms with Crippen LogP contribution in [0.25, 0.3) is 0 Å². The molecule has 1 aliphatic heterocycles. The number of ether oxygens (including phenoxy) is 1. The summed E-state index contributed by atoms with van der Waals surface area (Å²) in [5.74, 6) is 0.740. The van der Waals surface area contributed by atoms with Crippen LogP contribution in [0.4, 0.5) is 0 Å². The second kappa shape index (κ2) is 5.33. The Morgan fingerprint density at radius 2 is 2.50 bits per heavy atom. The highest BCUT2D eigenvalue weighted by molar-refractivity contribution is 4.71. The highest BCUT2D eigenvalue weighted by atomic mass is 16.5. The zero-order chi connectivity index (χ0) is 8.81. The molecular weight excluding hydrogens is 150 g/mol. The molecule has 0 spiro atoms. The van der Waals surface area contributed by atoms with E-state index in [0.717, 1.165) is 12.5 Å². The van der Waals surface area contributed by atoms with Crippen LogP contribution in [0.2, 0.25) is 0 Å². The van der Waals surface area contributed by atoms with Crippen molar-refractivity contribution >= 4 is 0 Å². The Labute approximate surface area is 75.2 Å². The van der Waals surface area contributed by atoms with Gasteiger partial charge in [0.15, 0.2) is 0 Å². The van der Waals surface area contributed by atoms with Gasteiger partial charge in [0.25, 0.3) is 0 Å². The van der Waals surface area contributed by atoms with Gasteiger partial charge in [0, 0.05) is 6.54 Å². The number of nitrogens with zero attached hydrogens (tertiary/aromatic N) is 1. The summed E-state index contributed by atoms with van der Waals surface area (Å²) in [7, 11) is 2.18. The van der Waals surface area contributed by atoms with E-state index in [2.05, 4.69) is 18.5 Å². The molecule has 12 heavy (non-hydrogen) atoms. The Bertz CT molecular complexity index is 136. The molecule has 1 saturated heterocycles. The molecule has 2 heteroatoms. The average molecular weight is 169 g/mol. The normalized spacial score (nSPS) is 25.6. The summed E-state index contributed by atoms with van der Waals surface area (Å²) < 4.78 is 5.43. The summed E-state index contributed by atoms with van der Waals surface area (Å²) in [5, 5.41) is 0. The maximum absolute atomic E-state index is 5.43. The Morgan fingerprint density at radius 3 is 3.17 bits per heavy atom. The van der Waals surface area contributed by atoms with Crippen molar-refractivity contribution in [3.8, 4) is 0 Å². The fourth-order valence-electron chi connectivity index (χ4n) is 1.73. The van der Waals surface area contributed by atoms with Crippen molar-refractivity contribution in [2.24, 2.45) is 5.92 Å². The first-order valence-corrected chi connectivity index (χ1v) is 4.70. The number of hydrogen-bond acceptors (Lipinski definition) is 2. The minimum atomic E-state index is 0.695. The molecule has 0 aliphatic carbocycles. The largest absolute Gasteiger partial charge is 0.377 e. The molecule has 0 radical (unpaired) electrons. The molecular formula is C10H19NO. The first-order valence-electron chi connectivity index (χ1n) is 4.70. The zero-order valence-corrected chi connectivity index (χ0v) is 7.96. The number of likely N-dealkylation sites (tertiary alicyclic amines) is 1. The lowest BCUT2D eigenvalue weighted by Crippen LogP contribution is -2.34. The molecule has 0 amide bonds. The van der Waals surface area contributed by atoms with Gasteiger partial charge in [0.1, 0.15) is 0 Å². The minimum Gasteiger partial charge on any atom is -0.377 e. The van der Waals surface area contributed by atoms with E-state index in [4.69, 9.17) is 4.74 Å². The van der Waals surface area contributed by atoms with Gasteiger partial charge in [-0.25, -0.2) is 0 Å². The van der Waals surface area contributed by atoms with E-state index in [-0.39, 0.29) is 0 Å². The van der Waals surface area contributed by atoms with Gasteiger partial charge in [-0.1, -0.05) is 6.08 Å². The third-order valence-corrected chi connectivity index (χ3v) is 2.31. The van der Waals surface area contributed by atoms with Crippen LogP contribution in [0, 0.1) is 5.92 Å². The number of rotatable bonds is 4. The molecule has 0 unspecified atom stereocenters. The molecule has 1 atom stereocenters. The lowest BCUT2D eigenvalue weighted by atomic mass is 10.00. The summed E-state index contributed by atoms with van der Waals surface area (Å²) in [6.45, 7) is 7.66. The van der Waals surface area contributed by atoms with Gasteiger partial charge in [-0.2, -0.15) is 0 Å². The lowest BCUT2D eigenvalue weighted by Gasteiger charge is -2.29. The molecule has 1 heterocycles. The van der Waals surface area contributed by atoms with Gasteiger partial charge in [-0.05, 0) is 32.4 Å². The van der Waals surface area contributed by atoms with Gasteiger partial charge in [0.2, 0.25) is 0 Å². The molecule has 70 valence electrons. The highest BCUT2D eigenvalue weighted by Gasteiger charge is 2.16. The molecule has 0 aromatic rings. The van der Waals surface area contributed by atoms with Crippen molar-refractivity contribution in [1.29, 1.82) is 0 Å². The maximum atomic E-state index is 5.43. The van der Waals surface area contributed by atoms with Crippen LogP contribution in [0.1, 0.15) is 12.8 Å². The van der Waals surface area contributed by atoms with Crippen molar-refractivity contribution in [2.75, 3.05) is 33.4 Å². The molecule has 1 rings (SSSR count). The predicted molar refractivity (Wildman–Crippen MR) is 51.2 cm³/mol. The van der Waals surface area contributed by atoms with Crippen molar-refractivity contribution in [3.63, 3.8) is 0 Å². The van der Waals surface area contributed by atoms with Gasteiger partial charge in [-0.15, -0.1) is 6.58 Å². The van der Waals surface area contributed by atoms with E-state index in [9.17, 15) is 0 Å². The second-order valence-corrected chi connectivity index (χ2v) is 3.60. The molecule has 0 aromatic carbocycles. The summed E-state index contributed by atoms with van der Waals surface area (Å²) >= 11 is 0. The fourth-order valence-corrected chi connectivity index (χ4v) is 1.73. The maximum Gasteiger partial charge on any atom is 0.0644 e. The third-order valence-electron chi connectivity index (χ3n) is 2.31. The first-order chi connectivity index (χ1) is 5.83. The SMILES string of the molecule is C=CCOC[C@H]1CCCN(C)C1. The molecule has 2 nitrogen and oxygen atoms in total. The molecule has 0 bridgehead atoms. The zero-order valence-electron chi connectivity index (χ0n) is 7.96. The van der Waals surface area contributed by atoms with Crippen LogP contribution in [-0.2, 0) is 4.74 Å². The quantitative estimate of drug-likeness (QED) is 0.467. The van der Waals surface area contributed by atoms with Gasteiger partial charge < -0.3 is 9.64 Å². The molecule has 1 fully saturated rings. The highest BCUT2D eigenvalue weighted by Crippen LogP contribution is 2.14. The van der Waals surface area contributed by atoms with Crippen LogP contribution in [0.3, 0.4) is 0 Å². The van der Waals surface area contributed by atoms with Crippen molar-refractivity contribution < 1.29 is 4.74 Å². The Balaban J connectivity index is 2.09. The summed E-state index contributed by atoms with van der Waals surface area (Å²) in [4.78, 5) is 2.38. The topological polar surface area (TPSA) is 12.5 Å². The second-order valence-electron chi connectivity index (χ2n) is 3.60. The standard InChI is InChI=1S/C10H19NO/c1-3-7-12-9-10-5-4-6-11(2)8-10/h3,10H,1,4-9H2,2H3/t10-/m0/s1. The van der Waals surface area contributed by atoms with Crippen molar-refractivity contribution in [2.45, 2.75) is 12.8 Å². The summed E-state index contributed by atoms with van der Waals surface area (Å²) in [6.07, 6.45) is 4.45. The summed E-state index contributed by atoms with van der Waals surface area (Å²) in [5.41, 5.74) is 0. The van der Waals surface area contributed by atoms with Crippen LogP contribution in [0.5, 0.6) is 0 Å². The van der Waals surface area contributed by atoms with E-state index in [1.165, 1.54) is 25.9 Å². The smallest absolute Gasteiger partial charge is 0.0644 e. The Morgan fingerprint density at radius 1 is 1.67 bits per heavy atom. The van der Waals surface area contributed by atoms with E-state index in [1.54, 1.807) is 0 Å². The third kappa shape index (κ3) is 3.37. The molecule has 0 N–H and O–H groups in total. The molecule has 0 saturated carbocycles. The van der Waals surface area contributed by atoms with Gasteiger partial charge in [-0.3, -0.25) is 0 Å². The van der Waals surface area contributed by atoms with Crippen LogP contribution in [0.15, 0.2) is 12.7 Å². The van der Waals surface area contributed by atoms with Crippen molar-refractivity contribution in [3.05, 3.63) is 12.7 Å². The monoisotopic (exact) mass is 169 g/mol. The van der Waals surface area contributed by atoms with Crippen molar-refractivity contribution in [1.82, 2.24) is 4.90 Å². The van der Waals surface area contributed by atoms with Crippen LogP contribution >= 0.6 is 0 Å². The Kier molecular flexibility index (Phi) is 4.33. The predicted octanol–water partition coefficient (Wildman–Crippen LogP) is 1.53. The van der Waals surface area contributed by atoms with E-state index < -0.39 is 0 Å². The lowest BCUT2D eigenvalue weighted by molar-refractivity contribution is 0.0833. The van der Waals surface area contributed by atoms with Gasteiger partial charge >= 0.3 is 0 Å². The number of piperidine rings is 1. The van der Waals surface area contributed by atoms with E-state index in [0.29, 0.717) is 6.61 Å². The molecule has 0 aromatic heterocycles. The van der Waals surface area contributed by atoms with Gasteiger partial charge in [0.05, 0.1) is 13.2 Å². The first kappa shape index (κ1) is 9.75. The fraction of sp³-hybridized carbons (Fsp3) is 0.800. The number of hydrogen-bond donors (Lipinski definition) is 0. The average Bonchev–Trinajstić information content (AvgIpc) is 2.05. The van der Waals surface area contributed by atoms with E-state index >= 15 is 0 Å². The molecule has 1 aliphatic rings.